The minimum Gasteiger partial charge on any atom is -0.410 e. The molecule has 1 aromatic carbocycles. The summed E-state index contributed by atoms with van der Waals surface area (Å²) in [6.07, 6.45) is 3.04. The lowest BCUT2D eigenvalue weighted by Crippen LogP contribution is -2.48. The van der Waals surface area contributed by atoms with Crippen molar-refractivity contribution in [2.24, 2.45) is 0 Å². The molecule has 0 radical (unpaired) electrons. The van der Waals surface area contributed by atoms with Crippen LogP contribution in [0.15, 0.2) is 47.5 Å². The average molecular weight is 453 g/mol. The molecule has 0 saturated heterocycles. The van der Waals surface area contributed by atoms with Crippen LogP contribution in [-0.4, -0.2) is 45.7 Å². The predicted octanol–water partition coefficient (Wildman–Crippen LogP) is 3.85. The van der Waals surface area contributed by atoms with E-state index in [1.165, 1.54) is 4.40 Å². The Morgan fingerprint density at radius 3 is 2.47 bits per heavy atom. The number of benzene rings is 1. The van der Waals surface area contributed by atoms with Gasteiger partial charge in [0, 0.05) is 19.3 Å². The molecule has 0 saturated carbocycles. The van der Waals surface area contributed by atoms with Crippen molar-refractivity contribution in [1.82, 2.24) is 18.9 Å². The van der Waals surface area contributed by atoms with Gasteiger partial charge < -0.3 is 9.33 Å². The van der Waals surface area contributed by atoms with Crippen molar-refractivity contribution in [3.8, 4) is 0 Å². The molecule has 1 amide bonds. The maximum Gasteiger partial charge on any atom is 0.333 e. The first-order valence-corrected chi connectivity index (χ1v) is 14.0. The number of nitrogens with zero attached hydrogens (tertiary/aromatic N) is 4. The minimum absolute atomic E-state index is 0.0217. The van der Waals surface area contributed by atoms with E-state index in [2.05, 4.69) is 38.8 Å². The number of hydrogen-bond donors (Lipinski definition) is 0. The molecule has 1 aliphatic heterocycles. The zero-order chi connectivity index (χ0) is 23.3. The lowest BCUT2D eigenvalue weighted by Gasteiger charge is -2.39. The van der Waals surface area contributed by atoms with E-state index in [4.69, 9.17) is 4.43 Å². The lowest BCUT2D eigenvalue weighted by molar-refractivity contribution is 0.0646. The van der Waals surface area contributed by atoms with E-state index in [1.807, 2.05) is 42.2 Å². The summed E-state index contributed by atoms with van der Waals surface area (Å²) < 4.78 is 9.85. The second-order valence-electron chi connectivity index (χ2n) is 10.2. The molecule has 2 aromatic heterocycles. The van der Waals surface area contributed by atoms with E-state index < -0.39 is 8.32 Å². The van der Waals surface area contributed by atoms with E-state index in [-0.39, 0.29) is 22.7 Å². The first-order valence-electron chi connectivity index (χ1n) is 11.1. The monoisotopic (exact) mass is 452 g/mol. The van der Waals surface area contributed by atoms with Gasteiger partial charge in [0.2, 0.25) is 0 Å². The lowest BCUT2D eigenvalue weighted by atomic mass is 10.2. The summed E-state index contributed by atoms with van der Waals surface area (Å²) >= 11 is 0. The van der Waals surface area contributed by atoms with Crippen LogP contribution in [-0.2, 0) is 17.5 Å². The maximum atomic E-state index is 13.7. The maximum absolute atomic E-state index is 13.7. The van der Waals surface area contributed by atoms with Crippen LogP contribution in [0.5, 0.6) is 0 Å². The van der Waals surface area contributed by atoms with E-state index in [9.17, 15) is 9.59 Å². The third kappa shape index (κ3) is 4.04. The Hall–Kier alpha value is -2.71. The van der Waals surface area contributed by atoms with Gasteiger partial charge in [-0.05, 0) is 30.6 Å². The fraction of sp³-hybridized carbons (Fsp3) is 0.458. The largest absolute Gasteiger partial charge is 0.410 e. The van der Waals surface area contributed by atoms with Crippen LogP contribution in [0.1, 0.15) is 42.5 Å². The van der Waals surface area contributed by atoms with Crippen molar-refractivity contribution in [1.29, 1.82) is 0 Å². The molecule has 0 aliphatic carbocycles. The zero-order valence-corrected chi connectivity index (χ0v) is 20.8. The van der Waals surface area contributed by atoms with Crippen LogP contribution in [0.4, 0.5) is 0 Å². The minimum atomic E-state index is -2.12. The molecule has 8 heteroatoms. The number of hydrogen-bond acceptors (Lipinski definition) is 4. The number of aromatic nitrogens is 3. The third-order valence-electron chi connectivity index (χ3n) is 6.70. The van der Waals surface area contributed by atoms with Crippen LogP contribution in [0.25, 0.3) is 5.52 Å². The molecule has 32 heavy (non-hydrogen) atoms. The van der Waals surface area contributed by atoms with Gasteiger partial charge in [-0.2, -0.15) is 0 Å². The summed E-state index contributed by atoms with van der Waals surface area (Å²) in [6.45, 7) is 14.1. The Labute approximate surface area is 189 Å². The summed E-state index contributed by atoms with van der Waals surface area (Å²) in [4.78, 5) is 33.2. The highest BCUT2D eigenvalue weighted by molar-refractivity contribution is 6.74. The molecular weight excluding hydrogens is 420 g/mol. The number of carbonyl (C=O) groups excluding carboxylic acids is 1. The number of rotatable bonds is 4. The SMILES string of the molecule is Cc1cn2c(=O)n3c(c2cn1)C(=O)N(Cc1ccccc1)CC(O[Si](C)(C)C(C)(C)C)C3. The predicted molar refractivity (Wildman–Crippen MR) is 127 cm³/mol. The molecule has 0 spiro atoms. The second-order valence-corrected chi connectivity index (χ2v) is 15.0. The highest BCUT2D eigenvalue weighted by atomic mass is 28.4. The summed E-state index contributed by atoms with van der Waals surface area (Å²) in [5.41, 5.74) is 2.47. The van der Waals surface area contributed by atoms with Gasteiger partial charge in [0.05, 0.1) is 30.1 Å². The van der Waals surface area contributed by atoms with Crippen LogP contribution in [0.3, 0.4) is 0 Å². The summed E-state index contributed by atoms with van der Waals surface area (Å²) in [7, 11) is -2.12. The van der Waals surface area contributed by atoms with Crippen LogP contribution in [0.2, 0.25) is 18.1 Å². The normalized spacial score (nSPS) is 17.5. The van der Waals surface area contributed by atoms with Gasteiger partial charge in [-0.1, -0.05) is 51.1 Å². The second kappa shape index (κ2) is 8.01. The highest BCUT2D eigenvalue weighted by Gasteiger charge is 2.41. The van der Waals surface area contributed by atoms with Gasteiger partial charge >= 0.3 is 5.69 Å². The molecule has 1 aliphatic rings. The summed E-state index contributed by atoms with van der Waals surface area (Å²) in [5, 5.41) is 0.0217. The number of imidazole rings is 1. The van der Waals surface area contributed by atoms with E-state index in [0.717, 1.165) is 11.3 Å². The van der Waals surface area contributed by atoms with Gasteiger partial charge in [-0.3, -0.25) is 18.7 Å². The van der Waals surface area contributed by atoms with Gasteiger partial charge in [0.25, 0.3) is 5.91 Å². The molecular formula is C24H32N4O3Si. The molecule has 4 rings (SSSR count). The third-order valence-corrected chi connectivity index (χ3v) is 11.2. The summed E-state index contributed by atoms with van der Waals surface area (Å²) in [6, 6.07) is 9.93. The molecule has 1 atom stereocenters. The standard InChI is InChI=1S/C24H32N4O3Si/c1-17-13-27-20(12-25-17)21-22(29)26(14-18-10-8-7-9-11-18)15-19(16-28(21)23(27)30)31-32(5,6)24(2,3)4/h7-13,19H,14-16H2,1-6H3. The molecule has 0 N–H and O–H groups in total. The quantitative estimate of drug-likeness (QED) is 0.564. The number of carbonyl (C=O) groups is 1. The van der Waals surface area contributed by atoms with Crippen LogP contribution in [0, 0.1) is 6.92 Å². The van der Waals surface area contributed by atoms with E-state index in [1.54, 1.807) is 17.0 Å². The van der Waals surface area contributed by atoms with Crippen molar-refractivity contribution >= 4 is 19.7 Å². The van der Waals surface area contributed by atoms with E-state index >= 15 is 0 Å². The van der Waals surface area contributed by atoms with E-state index in [0.29, 0.717) is 30.8 Å². The number of amides is 1. The average Bonchev–Trinajstić information content (AvgIpc) is 2.89. The Morgan fingerprint density at radius 1 is 1.12 bits per heavy atom. The van der Waals surface area contributed by atoms with Crippen molar-refractivity contribution in [3.05, 3.63) is 70.2 Å². The highest BCUT2D eigenvalue weighted by Crippen LogP contribution is 2.38. The molecule has 7 nitrogen and oxygen atoms in total. The van der Waals surface area contributed by atoms with Crippen LogP contribution < -0.4 is 5.69 Å². The first kappa shape index (κ1) is 22.5. The van der Waals surface area contributed by atoms with Gasteiger partial charge in [0.1, 0.15) is 5.69 Å². The van der Waals surface area contributed by atoms with Crippen molar-refractivity contribution in [2.75, 3.05) is 6.54 Å². The molecule has 0 fully saturated rings. The van der Waals surface area contributed by atoms with Crippen LogP contribution >= 0.6 is 0 Å². The first-order chi connectivity index (χ1) is 15.0. The molecule has 170 valence electrons. The molecule has 0 bridgehead atoms. The fourth-order valence-corrected chi connectivity index (χ4v) is 5.29. The topological polar surface area (TPSA) is 68.8 Å². The van der Waals surface area contributed by atoms with Crippen molar-refractivity contribution < 1.29 is 9.22 Å². The Bertz CT molecular complexity index is 1210. The van der Waals surface area contributed by atoms with Crippen molar-refractivity contribution in [3.63, 3.8) is 0 Å². The number of fused-ring (bicyclic) bond motifs is 3. The van der Waals surface area contributed by atoms with Gasteiger partial charge in [-0.15, -0.1) is 0 Å². The van der Waals surface area contributed by atoms with Gasteiger partial charge in [-0.25, -0.2) is 4.79 Å². The fourth-order valence-electron chi connectivity index (χ4n) is 3.95. The molecule has 3 heterocycles. The Balaban J connectivity index is 1.82. The van der Waals surface area contributed by atoms with Crippen molar-refractivity contribution in [2.45, 2.75) is 65.0 Å². The zero-order valence-electron chi connectivity index (χ0n) is 19.8. The smallest absolute Gasteiger partial charge is 0.333 e. The molecule has 3 aromatic rings. The Kier molecular flexibility index (Phi) is 5.62. The van der Waals surface area contributed by atoms with Gasteiger partial charge in [0.15, 0.2) is 8.32 Å². The molecule has 1 unspecified atom stereocenters. The summed E-state index contributed by atoms with van der Waals surface area (Å²) in [5.74, 6) is -0.166. The number of aryl methyl sites for hydroxylation is 1. The Morgan fingerprint density at radius 2 is 1.81 bits per heavy atom.